The third kappa shape index (κ3) is 3.29. The van der Waals surface area contributed by atoms with E-state index in [1.54, 1.807) is 6.92 Å². The normalized spacial score (nSPS) is 30.4. The Morgan fingerprint density at radius 1 is 1.17 bits per heavy atom. The van der Waals surface area contributed by atoms with Crippen molar-refractivity contribution in [1.29, 1.82) is 0 Å². The van der Waals surface area contributed by atoms with Gasteiger partial charge in [-0.2, -0.15) is 26.3 Å². The second-order valence-corrected chi connectivity index (χ2v) is 7.50. The first-order valence-electron chi connectivity index (χ1n) is 6.48. The average molecular weight is 455 g/mol. The largest absolute Gasteiger partial charge is 0.437 e. The fourth-order valence-corrected chi connectivity index (χ4v) is 4.09. The zero-order valence-corrected chi connectivity index (χ0v) is 15.0. The van der Waals surface area contributed by atoms with Gasteiger partial charge < -0.3 is 0 Å². The summed E-state index contributed by atoms with van der Waals surface area (Å²) in [6, 6.07) is 0. The van der Waals surface area contributed by atoms with Gasteiger partial charge in [0.15, 0.2) is 0 Å². The van der Waals surface area contributed by atoms with Crippen LogP contribution in [-0.2, 0) is 0 Å². The molecule has 1 rings (SSSR count). The molecule has 0 aromatic carbocycles. The van der Waals surface area contributed by atoms with E-state index in [9.17, 15) is 30.7 Å². The van der Waals surface area contributed by atoms with Crippen LogP contribution in [0.4, 0.5) is 30.7 Å². The van der Waals surface area contributed by atoms with Crippen molar-refractivity contribution in [2.24, 2.45) is 5.92 Å². The minimum Gasteiger partial charge on any atom is -0.267 e. The van der Waals surface area contributed by atoms with Crippen LogP contribution in [0.2, 0.25) is 0 Å². The fourth-order valence-electron chi connectivity index (χ4n) is 2.40. The van der Waals surface area contributed by atoms with E-state index in [1.807, 2.05) is 0 Å². The number of allylic oxidation sites excluding steroid dienone is 2. The van der Waals surface area contributed by atoms with Gasteiger partial charge in [0.2, 0.25) is 0 Å². The minimum atomic E-state index is -6.23. The molecule has 0 saturated carbocycles. The van der Waals surface area contributed by atoms with Crippen LogP contribution in [0.5, 0.6) is 0 Å². The molecular formula is C12H13BrCl2F7N. The maximum Gasteiger partial charge on any atom is 0.437 e. The fraction of sp³-hybridized carbons (Fsp3) is 0.833. The summed E-state index contributed by atoms with van der Waals surface area (Å²) in [5.74, 6) is -0.979. The predicted octanol–water partition coefficient (Wildman–Crippen LogP) is 6.31. The topological polar surface area (TPSA) is 3.24 Å². The zero-order valence-electron chi connectivity index (χ0n) is 11.9. The Hall–Kier alpha value is 0.110. The lowest BCUT2D eigenvalue weighted by atomic mass is 9.87. The summed E-state index contributed by atoms with van der Waals surface area (Å²) in [6.45, 7) is 2.93. The van der Waals surface area contributed by atoms with Crippen molar-refractivity contribution in [2.75, 3.05) is 0 Å². The number of hydrogen-bond donors (Lipinski definition) is 0. The summed E-state index contributed by atoms with van der Waals surface area (Å²) in [7, 11) is 0. The van der Waals surface area contributed by atoms with Crippen LogP contribution in [-0.4, -0.2) is 32.3 Å². The molecule has 136 valence electrons. The Bertz CT molecular complexity index is 465. The van der Waals surface area contributed by atoms with E-state index in [2.05, 4.69) is 15.9 Å². The molecule has 11 heteroatoms. The summed E-state index contributed by atoms with van der Waals surface area (Å²) >= 11 is 14.8. The molecular weight excluding hydrogens is 442 g/mol. The third-order valence-corrected chi connectivity index (χ3v) is 6.53. The molecule has 0 saturated heterocycles. The first-order valence-corrected chi connectivity index (χ1v) is 8.05. The standard InChI is InChI=1S/C12H13BrCl2F7N/c1-3-4-9(13)8(14)6(2)5-7(23(9)15)10(16,11(17,18)19)12(20,21)22/h5-6,8H,3-4H2,1-2H3. The van der Waals surface area contributed by atoms with Gasteiger partial charge in [-0.1, -0.05) is 42.3 Å². The van der Waals surface area contributed by atoms with E-state index in [0.29, 0.717) is 12.5 Å². The second-order valence-electron chi connectivity index (χ2n) is 5.32. The molecule has 0 aromatic heterocycles. The van der Waals surface area contributed by atoms with Gasteiger partial charge in [-0.05, 0) is 12.3 Å². The number of alkyl halides is 9. The predicted molar refractivity (Wildman–Crippen MR) is 77.1 cm³/mol. The van der Waals surface area contributed by atoms with Gasteiger partial charge in [0.05, 0.1) is 11.1 Å². The van der Waals surface area contributed by atoms with Crippen molar-refractivity contribution < 1.29 is 30.7 Å². The molecule has 0 amide bonds. The SMILES string of the molecule is CCCC1(Br)C(Cl)C(C)C=C(C(F)(C(F)(F)F)C(F)(F)F)N1Cl. The molecule has 0 aromatic rings. The molecule has 0 spiro atoms. The molecule has 1 aliphatic rings. The summed E-state index contributed by atoms with van der Waals surface area (Å²) < 4.78 is 90.5. The van der Waals surface area contributed by atoms with E-state index < -0.39 is 39.5 Å². The Labute approximate surface area is 147 Å². The summed E-state index contributed by atoms with van der Waals surface area (Å²) in [6.07, 6.45) is -11.6. The van der Waals surface area contributed by atoms with Gasteiger partial charge in [-0.3, -0.25) is 4.42 Å². The molecule has 0 bridgehead atoms. The lowest BCUT2D eigenvalue weighted by molar-refractivity contribution is -0.330. The molecule has 0 radical (unpaired) electrons. The maximum atomic E-state index is 14.3. The summed E-state index contributed by atoms with van der Waals surface area (Å²) in [4.78, 5) is 0. The Morgan fingerprint density at radius 3 is 1.96 bits per heavy atom. The molecule has 1 nitrogen and oxygen atoms in total. The van der Waals surface area contributed by atoms with Gasteiger partial charge in [0.1, 0.15) is 4.45 Å². The monoisotopic (exact) mass is 453 g/mol. The highest BCUT2D eigenvalue weighted by Crippen LogP contribution is 2.57. The van der Waals surface area contributed by atoms with Crippen molar-refractivity contribution in [3.05, 3.63) is 11.8 Å². The van der Waals surface area contributed by atoms with E-state index >= 15 is 0 Å². The molecule has 0 aliphatic carbocycles. The van der Waals surface area contributed by atoms with Crippen molar-refractivity contribution in [2.45, 2.75) is 54.5 Å². The van der Waals surface area contributed by atoms with Crippen molar-refractivity contribution in [1.82, 2.24) is 4.42 Å². The van der Waals surface area contributed by atoms with Gasteiger partial charge in [0.25, 0.3) is 0 Å². The maximum absolute atomic E-state index is 14.3. The van der Waals surface area contributed by atoms with Crippen LogP contribution >= 0.6 is 39.3 Å². The van der Waals surface area contributed by atoms with Crippen molar-refractivity contribution in [3.63, 3.8) is 0 Å². The second kappa shape index (κ2) is 6.44. The highest BCUT2D eigenvalue weighted by Gasteiger charge is 2.77. The number of rotatable bonds is 3. The van der Waals surface area contributed by atoms with E-state index in [4.69, 9.17) is 23.4 Å². The van der Waals surface area contributed by atoms with Gasteiger partial charge in [0, 0.05) is 11.8 Å². The van der Waals surface area contributed by atoms with Gasteiger partial charge >= 0.3 is 18.0 Å². The van der Waals surface area contributed by atoms with Crippen LogP contribution in [0.1, 0.15) is 26.7 Å². The quantitative estimate of drug-likeness (QED) is 0.209. The third-order valence-electron chi connectivity index (χ3n) is 3.58. The highest BCUT2D eigenvalue weighted by atomic mass is 79.9. The average Bonchev–Trinajstić information content (AvgIpc) is 2.38. The zero-order chi connectivity index (χ0) is 18.4. The molecule has 1 aliphatic heterocycles. The number of halogens is 10. The summed E-state index contributed by atoms with van der Waals surface area (Å²) in [5, 5.41) is -0.964. The van der Waals surface area contributed by atoms with E-state index in [1.165, 1.54) is 6.92 Å². The molecule has 0 N–H and O–H groups in total. The van der Waals surface area contributed by atoms with Crippen LogP contribution < -0.4 is 0 Å². The highest BCUT2D eigenvalue weighted by molar-refractivity contribution is 9.10. The molecule has 3 unspecified atom stereocenters. The van der Waals surface area contributed by atoms with Crippen LogP contribution in [0.3, 0.4) is 0 Å². The molecule has 23 heavy (non-hydrogen) atoms. The van der Waals surface area contributed by atoms with Gasteiger partial charge in [-0.25, -0.2) is 4.39 Å². The number of hydrogen-bond acceptors (Lipinski definition) is 1. The van der Waals surface area contributed by atoms with Crippen molar-refractivity contribution in [3.8, 4) is 0 Å². The Kier molecular flexibility index (Phi) is 5.92. The molecule has 0 fully saturated rings. The molecule has 3 atom stereocenters. The van der Waals surface area contributed by atoms with E-state index in [-0.39, 0.29) is 10.8 Å². The lowest BCUT2D eigenvalue weighted by Gasteiger charge is -2.49. The van der Waals surface area contributed by atoms with Crippen LogP contribution in [0, 0.1) is 5.92 Å². The van der Waals surface area contributed by atoms with Crippen LogP contribution in [0.15, 0.2) is 11.8 Å². The summed E-state index contributed by atoms with van der Waals surface area (Å²) in [5.41, 5.74) is -7.33. The van der Waals surface area contributed by atoms with Gasteiger partial charge in [-0.15, -0.1) is 11.6 Å². The van der Waals surface area contributed by atoms with E-state index in [0.717, 1.165) is 0 Å². The lowest BCUT2D eigenvalue weighted by Crippen LogP contribution is -2.62. The molecule has 1 heterocycles. The Morgan fingerprint density at radius 2 is 1.61 bits per heavy atom. The van der Waals surface area contributed by atoms with Crippen molar-refractivity contribution >= 4 is 39.3 Å². The first kappa shape index (κ1) is 21.2. The smallest absolute Gasteiger partial charge is 0.267 e. The minimum absolute atomic E-state index is 0.0120. The first-order chi connectivity index (χ1) is 10.1. The Balaban J connectivity index is 3.58. The number of nitrogens with zero attached hydrogens (tertiary/aromatic N) is 1. The van der Waals surface area contributed by atoms with Crippen LogP contribution in [0.25, 0.3) is 0 Å².